The Morgan fingerprint density at radius 2 is 2.18 bits per heavy atom. The number of ether oxygens (including phenoxy) is 1. The van der Waals surface area contributed by atoms with Crippen LogP contribution >= 0.6 is 0 Å². The number of methoxy groups -OCH3 is 1. The molecule has 1 aromatic rings. The first-order valence-electron chi connectivity index (χ1n) is 3.18. The smallest absolute Gasteiger partial charge is 0.204 e. The molecule has 0 amide bonds. The van der Waals surface area contributed by atoms with Crippen LogP contribution in [0.3, 0.4) is 0 Å². The van der Waals surface area contributed by atoms with E-state index in [1.54, 1.807) is 25.6 Å². The normalized spacial score (nSPS) is 8.45. The molecule has 1 rings (SSSR count). The molecule has 1 heterocycles. The highest BCUT2D eigenvalue weighted by molar-refractivity contribution is 5.19. The maximum absolute atomic E-state index is 4.73. The summed E-state index contributed by atoms with van der Waals surface area (Å²) < 4.78 is 4.73. The summed E-state index contributed by atoms with van der Waals surface area (Å²) in [7, 11) is 1.60. The third-order valence-electron chi connectivity index (χ3n) is 0.982. The summed E-state index contributed by atoms with van der Waals surface area (Å²) in [6.07, 6.45) is 3.31. The van der Waals surface area contributed by atoms with Crippen molar-refractivity contribution in [2.75, 3.05) is 13.7 Å². The van der Waals surface area contributed by atoms with Crippen LogP contribution in [0.25, 0.3) is 0 Å². The minimum absolute atomic E-state index is 0.415. The predicted molar refractivity (Wildman–Crippen MR) is 40.8 cm³/mol. The fourth-order valence-electron chi connectivity index (χ4n) is 0.551. The van der Waals surface area contributed by atoms with Crippen molar-refractivity contribution in [3.8, 4) is 11.8 Å². The van der Waals surface area contributed by atoms with Crippen LogP contribution in [0.5, 0.6) is 0 Å². The monoisotopic (exact) mass is 148 g/mol. The third kappa shape index (κ3) is 2.78. The number of nitrogens with zero attached hydrogens (tertiary/aromatic N) is 2. The maximum Gasteiger partial charge on any atom is 0.204 e. The van der Waals surface area contributed by atoms with Gasteiger partial charge in [0, 0.05) is 19.5 Å². The summed E-state index contributed by atoms with van der Waals surface area (Å²) in [6, 6.07) is 1.75. The summed E-state index contributed by atoms with van der Waals surface area (Å²) in [6.45, 7) is 0.415. The Kier molecular flexibility index (Phi) is 3.10. The van der Waals surface area contributed by atoms with Crippen LogP contribution in [0.15, 0.2) is 18.5 Å². The first-order valence-corrected chi connectivity index (χ1v) is 3.18. The van der Waals surface area contributed by atoms with Crippen LogP contribution < -0.4 is 0 Å². The molecule has 56 valence electrons. The van der Waals surface area contributed by atoms with Crippen molar-refractivity contribution in [3.05, 3.63) is 24.3 Å². The van der Waals surface area contributed by atoms with E-state index in [0.29, 0.717) is 12.4 Å². The van der Waals surface area contributed by atoms with E-state index in [9.17, 15) is 0 Å². The van der Waals surface area contributed by atoms with Gasteiger partial charge in [-0.2, -0.15) is 0 Å². The summed E-state index contributed by atoms with van der Waals surface area (Å²) >= 11 is 0. The van der Waals surface area contributed by atoms with Gasteiger partial charge in [0.2, 0.25) is 5.82 Å². The number of hydrogen-bond acceptors (Lipinski definition) is 3. The standard InChI is InChI=1S/C8H8N2O/c1-11-7-2-4-8-9-5-3-6-10-8/h3,5-6H,7H2,1H3. The van der Waals surface area contributed by atoms with Gasteiger partial charge in [-0.15, -0.1) is 0 Å². The summed E-state index contributed by atoms with van der Waals surface area (Å²) in [5.41, 5.74) is 0. The zero-order chi connectivity index (χ0) is 7.94. The zero-order valence-corrected chi connectivity index (χ0v) is 6.24. The molecule has 0 spiro atoms. The van der Waals surface area contributed by atoms with Crippen molar-refractivity contribution in [3.63, 3.8) is 0 Å². The molecule has 1 aromatic heterocycles. The zero-order valence-electron chi connectivity index (χ0n) is 6.24. The summed E-state index contributed by atoms with van der Waals surface area (Å²) in [5, 5.41) is 0. The fraction of sp³-hybridized carbons (Fsp3) is 0.250. The second-order valence-electron chi connectivity index (χ2n) is 1.81. The second-order valence-corrected chi connectivity index (χ2v) is 1.81. The van der Waals surface area contributed by atoms with Gasteiger partial charge >= 0.3 is 0 Å². The molecule has 3 nitrogen and oxygen atoms in total. The van der Waals surface area contributed by atoms with Crippen molar-refractivity contribution in [2.24, 2.45) is 0 Å². The van der Waals surface area contributed by atoms with E-state index in [1.165, 1.54) is 0 Å². The molecular weight excluding hydrogens is 140 g/mol. The highest BCUT2D eigenvalue weighted by Crippen LogP contribution is 1.81. The number of rotatable bonds is 1. The van der Waals surface area contributed by atoms with E-state index in [4.69, 9.17) is 4.74 Å². The van der Waals surface area contributed by atoms with E-state index < -0.39 is 0 Å². The molecule has 0 aliphatic rings. The molecule has 3 heteroatoms. The van der Waals surface area contributed by atoms with Crippen LogP contribution in [0, 0.1) is 11.8 Å². The lowest BCUT2D eigenvalue weighted by molar-refractivity contribution is 0.240. The Balaban J connectivity index is 2.59. The highest BCUT2D eigenvalue weighted by Gasteiger charge is 1.82. The molecule has 0 fully saturated rings. The molecule has 0 aliphatic carbocycles. The van der Waals surface area contributed by atoms with Crippen molar-refractivity contribution in [1.29, 1.82) is 0 Å². The Morgan fingerprint density at radius 1 is 1.45 bits per heavy atom. The molecule has 0 bridgehead atoms. The minimum Gasteiger partial charge on any atom is -0.372 e. The van der Waals surface area contributed by atoms with Gasteiger partial charge in [-0.3, -0.25) is 0 Å². The van der Waals surface area contributed by atoms with Crippen molar-refractivity contribution >= 4 is 0 Å². The second kappa shape index (κ2) is 4.42. The molecule has 0 N–H and O–H groups in total. The van der Waals surface area contributed by atoms with Crippen LogP contribution in [0.2, 0.25) is 0 Å². The van der Waals surface area contributed by atoms with Gasteiger partial charge < -0.3 is 4.74 Å². The van der Waals surface area contributed by atoms with Crippen LogP contribution in [0.4, 0.5) is 0 Å². The lowest BCUT2D eigenvalue weighted by Gasteiger charge is -1.84. The molecule has 0 atom stereocenters. The number of aromatic nitrogens is 2. The Morgan fingerprint density at radius 3 is 2.82 bits per heavy atom. The van der Waals surface area contributed by atoms with E-state index in [1.807, 2.05) is 0 Å². The summed E-state index contributed by atoms with van der Waals surface area (Å²) in [5.74, 6) is 6.03. The molecule has 0 aromatic carbocycles. The van der Waals surface area contributed by atoms with Gasteiger partial charge in [-0.1, -0.05) is 5.92 Å². The SMILES string of the molecule is COCC#Cc1ncccn1. The fourth-order valence-corrected chi connectivity index (χ4v) is 0.551. The Hall–Kier alpha value is -1.40. The lowest BCUT2D eigenvalue weighted by atomic mass is 10.5. The molecule has 0 aliphatic heterocycles. The van der Waals surface area contributed by atoms with E-state index in [-0.39, 0.29) is 0 Å². The van der Waals surface area contributed by atoms with Gasteiger partial charge in [0.25, 0.3) is 0 Å². The Labute approximate surface area is 65.4 Å². The van der Waals surface area contributed by atoms with Gasteiger partial charge in [0.15, 0.2) is 0 Å². The van der Waals surface area contributed by atoms with Crippen molar-refractivity contribution in [2.45, 2.75) is 0 Å². The highest BCUT2D eigenvalue weighted by atomic mass is 16.5. The minimum atomic E-state index is 0.415. The number of hydrogen-bond donors (Lipinski definition) is 0. The first-order chi connectivity index (χ1) is 5.43. The van der Waals surface area contributed by atoms with Crippen molar-refractivity contribution < 1.29 is 4.74 Å². The molecule has 0 radical (unpaired) electrons. The third-order valence-corrected chi connectivity index (χ3v) is 0.982. The molecule has 0 saturated heterocycles. The largest absolute Gasteiger partial charge is 0.372 e. The topological polar surface area (TPSA) is 35.0 Å². The van der Waals surface area contributed by atoms with E-state index in [0.717, 1.165) is 0 Å². The maximum atomic E-state index is 4.73. The predicted octanol–water partition coefficient (Wildman–Crippen LogP) is 0.475. The van der Waals surface area contributed by atoms with Crippen molar-refractivity contribution in [1.82, 2.24) is 9.97 Å². The van der Waals surface area contributed by atoms with Gasteiger partial charge in [0.05, 0.1) is 0 Å². The van der Waals surface area contributed by atoms with Gasteiger partial charge in [0.1, 0.15) is 6.61 Å². The average molecular weight is 148 g/mol. The molecule has 0 unspecified atom stereocenters. The van der Waals surface area contributed by atoms with Crippen LogP contribution in [-0.4, -0.2) is 23.7 Å². The first kappa shape index (κ1) is 7.70. The van der Waals surface area contributed by atoms with E-state index >= 15 is 0 Å². The van der Waals surface area contributed by atoms with Crippen LogP contribution in [0.1, 0.15) is 5.82 Å². The Bertz CT molecular complexity index is 260. The molecule has 0 saturated carbocycles. The van der Waals surface area contributed by atoms with E-state index in [2.05, 4.69) is 21.8 Å². The molecule has 11 heavy (non-hydrogen) atoms. The van der Waals surface area contributed by atoms with Crippen LogP contribution in [-0.2, 0) is 4.74 Å². The summed E-state index contributed by atoms with van der Waals surface area (Å²) in [4.78, 5) is 7.82. The quantitative estimate of drug-likeness (QED) is 0.543. The molecular formula is C8H8N2O. The average Bonchev–Trinajstić information content (AvgIpc) is 2.07. The van der Waals surface area contributed by atoms with Gasteiger partial charge in [-0.25, -0.2) is 9.97 Å². The van der Waals surface area contributed by atoms with Gasteiger partial charge in [-0.05, 0) is 12.0 Å². The lowest BCUT2D eigenvalue weighted by Crippen LogP contribution is -1.86.